The Bertz CT molecular complexity index is 364. The first-order valence-corrected chi connectivity index (χ1v) is 5.09. The van der Waals surface area contributed by atoms with E-state index in [-0.39, 0.29) is 6.61 Å². The third kappa shape index (κ3) is 2.39. The fraction of sp³-hybridized carbons (Fsp3) is 0.333. The highest BCUT2D eigenvalue weighted by Gasteiger charge is 2.36. The van der Waals surface area contributed by atoms with Crippen LogP contribution in [0, 0.1) is 0 Å². The highest BCUT2D eigenvalue weighted by atomic mass is 16.5. The fourth-order valence-corrected chi connectivity index (χ4v) is 1.42. The van der Waals surface area contributed by atoms with Gasteiger partial charge in [0.2, 0.25) is 6.41 Å². The molecule has 0 spiro atoms. The molecule has 1 N–H and O–H groups in total. The summed E-state index contributed by atoms with van der Waals surface area (Å²) < 4.78 is 4.95. The minimum atomic E-state index is -1.13. The molecule has 1 aromatic carbocycles. The van der Waals surface area contributed by atoms with Gasteiger partial charge in [0.25, 0.3) is 0 Å². The lowest BCUT2D eigenvalue weighted by atomic mass is 9.92. The van der Waals surface area contributed by atoms with E-state index >= 15 is 0 Å². The number of nitrogens with one attached hydrogen (secondary N) is 1. The number of amides is 1. The molecular formula is C12H15NO3. The van der Waals surface area contributed by atoms with Crippen LogP contribution in [0.25, 0.3) is 0 Å². The molecule has 1 aromatic rings. The van der Waals surface area contributed by atoms with E-state index in [9.17, 15) is 9.59 Å². The summed E-state index contributed by atoms with van der Waals surface area (Å²) >= 11 is 0. The molecule has 1 rings (SSSR count). The third-order valence-electron chi connectivity index (χ3n) is 2.38. The highest BCUT2D eigenvalue weighted by molar-refractivity contribution is 5.84. The normalized spacial score (nSPS) is 13.6. The zero-order chi connectivity index (χ0) is 12.0. The van der Waals surface area contributed by atoms with Gasteiger partial charge in [-0.15, -0.1) is 0 Å². The van der Waals surface area contributed by atoms with Crippen LogP contribution in [0.15, 0.2) is 30.3 Å². The smallest absolute Gasteiger partial charge is 0.336 e. The molecule has 1 amide bonds. The van der Waals surface area contributed by atoms with E-state index in [0.717, 1.165) is 0 Å². The van der Waals surface area contributed by atoms with Gasteiger partial charge in [-0.3, -0.25) is 4.79 Å². The van der Waals surface area contributed by atoms with Crippen molar-refractivity contribution in [2.45, 2.75) is 19.4 Å². The standard InChI is InChI=1S/C12H15NO3/c1-3-16-11(15)12(2,13-9-14)10-7-5-4-6-8-10/h4-9H,3H2,1-2H3,(H,13,14)/t12-/m0/s1. The molecule has 4 nitrogen and oxygen atoms in total. The van der Waals surface area contributed by atoms with Crippen LogP contribution < -0.4 is 5.32 Å². The van der Waals surface area contributed by atoms with Gasteiger partial charge >= 0.3 is 5.97 Å². The number of hydrogen-bond acceptors (Lipinski definition) is 3. The SMILES string of the molecule is CCOC(=O)[C@@](C)(NC=O)c1ccccc1. The molecule has 4 heteroatoms. The van der Waals surface area contributed by atoms with Crippen LogP contribution in [0.5, 0.6) is 0 Å². The van der Waals surface area contributed by atoms with Crippen molar-refractivity contribution in [2.75, 3.05) is 6.61 Å². The second-order valence-corrected chi connectivity index (χ2v) is 3.47. The van der Waals surface area contributed by atoms with Gasteiger partial charge in [-0.25, -0.2) is 4.79 Å². The van der Waals surface area contributed by atoms with E-state index in [4.69, 9.17) is 4.74 Å². The quantitative estimate of drug-likeness (QED) is 0.600. The molecule has 0 aromatic heterocycles. The van der Waals surface area contributed by atoms with Gasteiger partial charge in [-0.05, 0) is 19.4 Å². The van der Waals surface area contributed by atoms with Crippen molar-refractivity contribution in [3.63, 3.8) is 0 Å². The zero-order valence-electron chi connectivity index (χ0n) is 9.40. The molecule has 0 fully saturated rings. The van der Waals surface area contributed by atoms with Gasteiger partial charge in [-0.2, -0.15) is 0 Å². The first-order chi connectivity index (χ1) is 7.65. The maximum Gasteiger partial charge on any atom is 0.336 e. The number of hydrogen-bond donors (Lipinski definition) is 1. The number of benzene rings is 1. The van der Waals surface area contributed by atoms with Crippen molar-refractivity contribution in [1.82, 2.24) is 5.32 Å². The summed E-state index contributed by atoms with van der Waals surface area (Å²) in [6, 6.07) is 9.00. The topological polar surface area (TPSA) is 55.4 Å². The molecule has 16 heavy (non-hydrogen) atoms. The van der Waals surface area contributed by atoms with Gasteiger partial charge in [0.05, 0.1) is 6.61 Å². The molecule has 0 aliphatic rings. The number of rotatable bonds is 5. The van der Waals surface area contributed by atoms with E-state index in [0.29, 0.717) is 12.0 Å². The Kier molecular flexibility index (Phi) is 4.05. The molecular weight excluding hydrogens is 206 g/mol. The summed E-state index contributed by atoms with van der Waals surface area (Å²) in [6.07, 6.45) is 0.504. The minimum absolute atomic E-state index is 0.280. The van der Waals surface area contributed by atoms with Crippen molar-refractivity contribution in [3.05, 3.63) is 35.9 Å². The molecule has 86 valence electrons. The van der Waals surface area contributed by atoms with Gasteiger partial charge in [-0.1, -0.05) is 30.3 Å². The van der Waals surface area contributed by atoms with Gasteiger partial charge in [0, 0.05) is 0 Å². The largest absolute Gasteiger partial charge is 0.464 e. The Morgan fingerprint density at radius 3 is 2.56 bits per heavy atom. The van der Waals surface area contributed by atoms with E-state index in [1.807, 2.05) is 6.07 Å². The summed E-state index contributed by atoms with van der Waals surface area (Å²) in [6.45, 7) is 3.63. The zero-order valence-corrected chi connectivity index (χ0v) is 9.40. The summed E-state index contributed by atoms with van der Waals surface area (Å²) in [5.74, 6) is -0.465. The number of esters is 1. The second kappa shape index (κ2) is 5.30. The van der Waals surface area contributed by atoms with Crippen LogP contribution in [0.4, 0.5) is 0 Å². The van der Waals surface area contributed by atoms with E-state index < -0.39 is 11.5 Å². The Morgan fingerprint density at radius 2 is 2.06 bits per heavy atom. The molecule has 0 saturated carbocycles. The second-order valence-electron chi connectivity index (χ2n) is 3.47. The Labute approximate surface area is 94.6 Å². The first kappa shape index (κ1) is 12.2. The Balaban J connectivity index is 3.05. The number of ether oxygens (including phenoxy) is 1. The van der Waals surface area contributed by atoms with E-state index in [2.05, 4.69) is 5.32 Å². The summed E-state index contributed by atoms with van der Waals surface area (Å²) in [7, 11) is 0. The molecule has 0 heterocycles. The average molecular weight is 221 g/mol. The molecule has 0 saturated heterocycles. The first-order valence-electron chi connectivity index (χ1n) is 5.09. The van der Waals surface area contributed by atoms with Gasteiger partial charge in [0.15, 0.2) is 5.54 Å². The summed E-state index contributed by atoms with van der Waals surface area (Å²) in [4.78, 5) is 22.4. The molecule has 0 radical (unpaired) electrons. The highest BCUT2D eigenvalue weighted by Crippen LogP contribution is 2.21. The molecule has 1 atom stereocenters. The predicted octanol–water partition coefficient (Wildman–Crippen LogP) is 1.21. The van der Waals surface area contributed by atoms with E-state index in [1.165, 1.54) is 0 Å². The number of carbonyl (C=O) groups excluding carboxylic acids is 2. The van der Waals surface area contributed by atoms with Crippen LogP contribution in [0.2, 0.25) is 0 Å². The lowest BCUT2D eigenvalue weighted by Gasteiger charge is -2.26. The predicted molar refractivity (Wildman–Crippen MR) is 59.6 cm³/mol. The summed E-state index contributed by atoms with van der Waals surface area (Å²) in [5.41, 5.74) is -0.431. The van der Waals surface area contributed by atoms with Crippen molar-refractivity contribution >= 4 is 12.4 Å². The van der Waals surface area contributed by atoms with Crippen molar-refractivity contribution < 1.29 is 14.3 Å². The van der Waals surface area contributed by atoms with E-state index in [1.54, 1.807) is 38.1 Å². The van der Waals surface area contributed by atoms with Crippen molar-refractivity contribution in [1.29, 1.82) is 0 Å². The van der Waals surface area contributed by atoms with Crippen LogP contribution in [-0.4, -0.2) is 19.0 Å². The van der Waals surface area contributed by atoms with Crippen molar-refractivity contribution in [3.8, 4) is 0 Å². The third-order valence-corrected chi connectivity index (χ3v) is 2.38. The molecule has 0 unspecified atom stereocenters. The molecule has 0 aliphatic heterocycles. The summed E-state index contributed by atoms with van der Waals surface area (Å²) in [5, 5.41) is 2.50. The van der Waals surface area contributed by atoms with Gasteiger partial charge in [0.1, 0.15) is 0 Å². The van der Waals surface area contributed by atoms with Gasteiger partial charge < -0.3 is 10.1 Å². The molecule has 0 aliphatic carbocycles. The molecule has 0 bridgehead atoms. The lowest BCUT2D eigenvalue weighted by Crippen LogP contribution is -2.47. The fourth-order valence-electron chi connectivity index (χ4n) is 1.42. The minimum Gasteiger partial charge on any atom is -0.464 e. The van der Waals surface area contributed by atoms with Crippen molar-refractivity contribution in [2.24, 2.45) is 0 Å². The average Bonchev–Trinajstić information content (AvgIpc) is 2.30. The Hall–Kier alpha value is -1.84. The Morgan fingerprint density at radius 1 is 1.44 bits per heavy atom. The van der Waals surface area contributed by atoms with Crippen LogP contribution in [0.1, 0.15) is 19.4 Å². The van der Waals surface area contributed by atoms with Crippen LogP contribution >= 0.6 is 0 Å². The lowest BCUT2D eigenvalue weighted by molar-refractivity contribution is -0.152. The van der Waals surface area contributed by atoms with Crippen LogP contribution in [0.3, 0.4) is 0 Å². The number of carbonyl (C=O) groups is 2. The monoisotopic (exact) mass is 221 g/mol. The van der Waals surface area contributed by atoms with Crippen LogP contribution in [-0.2, 0) is 19.9 Å². The maximum atomic E-state index is 11.8. The maximum absolute atomic E-state index is 11.8.